The van der Waals surface area contributed by atoms with Crippen LogP contribution in [-0.2, 0) is 6.54 Å². The van der Waals surface area contributed by atoms with E-state index in [0.717, 1.165) is 23.2 Å². The topological polar surface area (TPSA) is 49.9 Å². The van der Waals surface area contributed by atoms with Crippen LogP contribution in [0.2, 0.25) is 0 Å². The highest BCUT2D eigenvalue weighted by atomic mass is 16.5. The smallest absolute Gasteiger partial charge is 0.126 e. The second-order valence-corrected chi connectivity index (χ2v) is 5.11. The molecule has 1 unspecified atom stereocenters. The van der Waals surface area contributed by atoms with Crippen molar-refractivity contribution in [1.29, 1.82) is 0 Å². The van der Waals surface area contributed by atoms with E-state index >= 15 is 0 Å². The molecule has 0 amide bonds. The zero-order valence-corrected chi connectivity index (χ0v) is 12.3. The predicted molar refractivity (Wildman–Crippen MR) is 84.3 cm³/mol. The number of nitrogens with zero attached hydrogens (tertiary/aromatic N) is 1. The molecular formula is C17H19N3O. The van der Waals surface area contributed by atoms with Crippen molar-refractivity contribution in [1.82, 2.24) is 15.5 Å². The van der Waals surface area contributed by atoms with Crippen molar-refractivity contribution in [3.63, 3.8) is 0 Å². The molecule has 0 fully saturated rings. The number of H-pyrrole nitrogens is 1. The summed E-state index contributed by atoms with van der Waals surface area (Å²) >= 11 is 0. The van der Waals surface area contributed by atoms with E-state index in [9.17, 15) is 0 Å². The van der Waals surface area contributed by atoms with Gasteiger partial charge in [-0.2, -0.15) is 5.10 Å². The number of rotatable bonds is 5. The van der Waals surface area contributed by atoms with Gasteiger partial charge >= 0.3 is 0 Å². The molecule has 1 heterocycles. The van der Waals surface area contributed by atoms with Gasteiger partial charge in [-0.25, -0.2) is 0 Å². The van der Waals surface area contributed by atoms with E-state index in [1.54, 1.807) is 7.11 Å². The van der Waals surface area contributed by atoms with E-state index in [2.05, 4.69) is 46.7 Å². The van der Waals surface area contributed by atoms with Crippen LogP contribution in [0.5, 0.6) is 5.75 Å². The molecule has 0 saturated heterocycles. The Bertz CT molecular complexity index is 722. The minimum Gasteiger partial charge on any atom is -0.496 e. The van der Waals surface area contributed by atoms with Crippen LogP contribution < -0.4 is 10.1 Å². The summed E-state index contributed by atoms with van der Waals surface area (Å²) in [5, 5.41) is 12.7. The lowest BCUT2D eigenvalue weighted by Gasteiger charge is -2.14. The average molecular weight is 281 g/mol. The third-order valence-electron chi connectivity index (χ3n) is 3.81. The van der Waals surface area contributed by atoms with Crippen LogP contribution in [0.25, 0.3) is 10.8 Å². The van der Waals surface area contributed by atoms with E-state index < -0.39 is 0 Å². The lowest BCUT2D eigenvalue weighted by Crippen LogP contribution is -2.17. The Balaban J connectivity index is 1.84. The summed E-state index contributed by atoms with van der Waals surface area (Å²) < 4.78 is 5.43. The quantitative estimate of drug-likeness (QED) is 0.753. The number of hydrogen-bond donors (Lipinski definition) is 2. The Labute approximate surface area is 124 Å². The standard InChI is InChI=1S/C17H19N3O/c1-12(14-10-19-20-11-14)18-9-13-7-8-17(21-2)16-6-4-3-5-15(13)16/h3-8,10-12,18H,9H2,1-2H3,(H,19,20). The largest absolute Gasteiger partial charge is 0.496 e. The van der Waals surface area contributed by atoms with Gasteiger partial charge in [0, 0.05) is 29.7 Å². The first-order valence-electron chi connectivity index (χ1n) is 7.06. The van der Waals surface area contributed by atoms with Crippen LogP contribution in [0.15, 0.2) is 48.8 Å². The summed E-state index contributed by atoms with van der Waals surface area (Å²) in [5.74, 6) is 0.914. The monoisotopic (exact) mass is 281 g/mol. The fraction of sp³-hybridized carbons (Fsp3) is 0.235. The Hall–Kier alpha value is -2.33. The third kappa shape index (κ3) is 2.76. The van der Waals surface area contributed by atoms with E-state index in [1.165, 1.54) is 10.9 Å². The Morgan fingerprint density at radius 1 is 1.19 bits per heavy atom. The molecule has 1 atom stereocenters. The molecular weight excluding hydrogens is 262 g/mol. The molecule has 2 N–H and O–H groups in total. The number of fused-ring (bicyclic) bond motifs is 1. The molecule has 0 aliphatic rings. The SMILES string of the molecule is COc1ccc(CNC(C)c2cn[nH]c2)c2ccccc12. The van der Waals surface area contributed by atoms with E-state index in [-0.39, 0.29) is 6.04 Å². The molecule has 0 spiro atoms. The number of aromatic nitrogens is 2. The van der Waals surface area contributed by atoms with Gasteiger partial charge in [0.1, 0.15) is 5.75 Å². The average Bonchev–Trinajstić information content (AvgIpc) is 3.06. The number of methoxy groups -OCH3 is 1. The first-order chi connectivity index (χ1) is 10.3. The van der Waals surface area contributed by atoms with Gasteiger partial charge in [0.15, 0.2) is 0 Å². The van der Waals surface area contributed by atoms with E-state index in [0.29, 0.717) is 0 Å². The minimum absolute atomic E-state index is 0.254. The summed E-state index contributed by atoms with van der Waals surface area (Å²) in [7, 11) is 1.71. The van der Waals surface area contributed by atoms with Gasteiger partial charge in [0.05, 0.1) is 13.3 Å². The van der Waals surface area contributed by atoms with Gasteiger partial charge in [-0.05, 0) is 23.9 Å². The number of hydrogen-bond acceptors (Lipinski definition) is 3. The zero-order valence-electron chi connectivity index (χ0n) is 12.3. The van der Waals surface area contributed by atoms with E-state index in [1.807, 2.05) is 24.5 Å². The molecule has 4 nitrogen and oxygen atoms in total. The lowest BCUT2D eigenvalue weighted by atomic mass is 10.0. The van der Waals surface area contributed by atoms with Crippen molar-refractivity contribution < 1.29 is 4.74 Å². The lowest BCUT2D eigenvalue weighted by molar-refractivity contribution is 0.419. The van der Waals surface area contributed by atoms with Crippen LogP contribution in [0.1, 0.15) is 24.1 Å². The van der Waals surface area contributed by atoms with Crippen molar-refractivity contribution >= 4 is 10.8 Å². The number of benzene rings is 2. The molecule has 1 aromatic heterocycles. The van der Waals surface area contributed by atoms with Gasteiger partial charge in [0.2, 0.25) is 0 Å². The van der Waals surface area contributed by atoms with Gasteiger partial charge in [0.25, 0.3) is 0 Å². The summed E-state index contributed by atoms with van der Waals surface area (Å²) in [5.41, 5.74) is 2.43. The Morgan fingerprint density at radius 2 is 2.00 bits per heavy atom. The van der Waals surface area contributed by atoms with Crippen molar-refractivity contribution in [3.05, 3.63) is 59.9 Å². The first-order valence-corrected chi connectivity index (χ1v) is 7.06. The number of ether oxygens (including phenoxy) is 1. The molecule has 108 valence electrons. The Morgan fingerprint density at radius 3 is 2.71 bits per heavy atom. The second-order valence-electron chi connectivity index (χ2n) is 5.11. The molecule has 2 aromatic carbocycles. The van der Waals surface area contributed by atoms with Crippen molar-refractivity contribution in [3.8, 4) is 5.75 Å². The van der Waals surface area contributed by atoms with Crippen molar-refractivity contribution in [2.45, 2.75) is 19.5 Å². The summed E-state index contributed by atoms with van der Waals surface area (Å²) in [6.07, 6.45) is 3.77. The molecule has 0 saturated carbocycles. The third-order valence-corrected chi connectivity index (χ3v) is 3.81. The van der Waals surface area contributed by atoms with Gasteiger partial charge in [-0.15, -0.1) is 0 Å². The highest BCUT2D eigenvalue weighted by molar-refractivity contribution is 5.91. The van der Waals surface area contributed by atoms with Crippen LogP contribution in [0, 0.1) is 0 Å². The molecule has 21 heavy (non-hydrogen) atoms. The summed E-state index contributed by atoms with van der Waals surface area (Å²) in [6.45, 7) is 2.94. The first kappa shape index (κ1) is 13.6. The van der Waals surface area contributed by atoms with Crippen molar-refractivity contribution in [2.24, 2.45) is 0 Å². The maximum Gasteiger partial charge on any atom is 0.126 e. The second kappa shape index (κ2) is 5.97. The van der Waals surface area contributed by atoms with Crippen LogP contribution in [0.3, 0.4) is 0 Å². The highest BCUT2D eigenvalue weighted by Gasteiger charge is 2.09. The van der Waals surface area contributed by atoms with Gasteiger partial charge < -0.3 is 10.1 Å². The zero-order chi connectivity index (χ0) is 14.7. The molecule has 0 radical (unpaired) electrons. The number of aromatic amines is 1. The van der Waals surface area contributed by atoms with Crippen LogP contribution >= 0.6 is 0 Å². The summed E-state index contributed by atoms with van der Waals surface area (Å²) in [4.78, 5) is 0. The van der Waals surface area contributed by atoms with E-state index in [4.69, 9.17) is 4.74 Å². The molecule has 0 aliphatic heterocycles. The van der Waals surface area contributed by atoms with Crippen LogP contribution in [0.4, 0.5) is 0 Å². The van der Waals surface area contributed by atoms with Crippen LogP contribution in [-0.4, -0.2) is 17.3 Å². The fourth-order valence-corrected chi connectivity index (χ4v) is 2.54. The van der Waals surface area contributed by atoms with Gasteiger partial charge in [-0.1, -0.05) is 30.3 Å². The maximum atomic E-state index is 5.43. The minimum atomic E-state index is 0.254. The van der Waals surface area contributed by atoms with Crippen molar-refractivity contribution in [2.75, 3.05) is 7.11 Å². The predicted octanol–water partition coefficient (Wildman–Crippen LogP) is 3.42. The summed E-state index contributed by atoms with van der Waals surface area (Å²) in [6, 6.07) is 12.7. The molecule has 0 bridgehead atoms. The maximum absolute atomic E-state index is 5.43. The molecule has 3 aromatic rings. The highest BCUT2D eigenvalue weighted by Crippen LogP contribution is 2.28. The molecule has 0 aliphatic carbocycles. The molecule has 4 heteroatoms. The fourth-order valence-electron chi connectivity index (χ4n) is 2.54. The molecule has 3 rings (SSSR count). The number of nitrogens with one attached hydrogen (secondary N) is 2. The Kier molecular flexibility index (Phi) is 3.88. The normalized spacial score (nSPS) is 12.5. The van der Waals surface area contributed by atoms with Gasteiger partial charge in [-0.3, -0.25) is 5.10 Å².